The number of rotatable bonds is 6. The molecule has 4 nitrogen and oxygen atoms in total. The van der Waals surface area contributed by atoms with Crippen LogP contribution in [0.5, 0.6) is 0 Å². The first-order chi connectivity index (χ1) is 13.2. The van der Waals surface area contributed by atoms with Gasteiger partial charge in [-0.1, -0.05) is 72.4 Å². The molecule has 0 aliphatic carbocycles. The van der Waals surface area contributed by atoms with Crippen LogP contribution in [-0.4, -0.2) is 14.8 Å². The first kappa shape index (κ1) is 18.1. The third kappa shape index (κ3) is 4.17. The maximum Gasteiger partial charge on any atom is 0.200 e. The van der Waals surface area contributed by atoms with E-state index in [2.05, 4.69) is 74.0 Å². The number of furan rings is 1. The van der Waals surface area contributed by atoms with E-state index in [1.165, 1.54) is 11.1 Å². The number of hydrogen-bond donors (Lipinski definition) is 0. The van der Waals surface area contributed by atoms with Crippen LogP contribution in [0, 0.1) is 0 Å². The molecule has 1 atom stereocenters. The molecular formula is C21H18BrN3OS. The molecule has 0 amide bonds. The summed E-state index contributed by atoms with van der Waals surface area (Å²) in [5, 5.41) is 10.0. The fourth-order valence-corrected chi connectivity index (χ4v) is 4.13. The molecular weight excluding hydrogens is 422 g/mol. The maximum atomic E-state index is 5.73. The van der Waals surface area contributed by atoms with Gasteiger partial charge in [0.1, 0.15) is 0 Å². The summed E-state index contributed by atoms with van der Waals surface area (Å²) in [6, 6.07) is 24.5. The van der Waals surface area contributed by atoms with Crippen LogP contribution in [0.2, 0.25) is 0 Å². The van der Waals surface area contributed by atoms with Gasteiger partial charge in [0.05, 0.1) is 6.54 Å². The zero-order chi connectivity index (χ0) is 18.6. The van der Waals surface area contributed by atoms with Crippen LogP contribution < -0.4 is 0 Å². The molecule has 4 rings (SSSR count). The topological polar surface area (TPSA) is 43.9 Å². The van der Waals surface area contributed by atoms with Crippen LogP contribution >= 0.6 is 27.7 Å². The molecule has 136 valence electrons. The van der Waals surface area contributed by atoms with E-state index in [1.807, 2.05) is 36.4 Å². The number of thioether (sulfide) groups is 1. The fraction of sp³-hybridized carbons (Fsp3) is 0.143. The number of hydrogen-bond acceptors (Lipinski definition) is 4. The number of aromatic nitrogens is 3. The Labute approximate surface area is 170 Å². The second-order valence-electron chi connectivity index (χ2n) is 6.15. The van der Waals surface area contributed by atoms with Crippen molar-refractivity contribution in [2.24, 2.45) is 0 Å². The Morgan fingerprint density at radius 1 is 0.963 bits per heavy atom. The zero-order valence-corrected chi connectivity index (χ0v) is 17.2. The van der Waals surface area contributed by atoms with Crippen LogP contribution in [0.15, 0.2) is 87.0 Å². The molecule has 0 saturated heterocycles. The number of benzene rings is 2. The van der Waals surface area contributed by atoms with Crippen molar-refractivity contribution in [1.82, 2.24) is 14.8 Å². The van der Waals surface area contributed by atoms with Crippen LogP contribution in [0.1, 0.15) is 23.3 Å². The van der Waals surface area contributed by atoms with Gasteiger partial charge in [-0.15, -0.1) is 10.2 Å². The Morgan fingerprint density at radius 2 is 1.67 bits per heavy atom. The predicted molar refractivity (Wildman–Crippen MR) is 112 cm³/mol. The summed E-state index contributed by atoms with van der Waals surface area (Å²) >= 11 is 5.07. The van der Waals surface area contributed by atoms with Gasteiger partial charge in [-0.25, -0.2) is 0 Å². The largest absolute Gasteiger partial charge is 0.446 e. The highest BCUT2D eigenvalue weighted by Crippen LogP contribution is 2.36. The standard InChI is InChI=1S/C21H18BrN3OS/c1-15(17-10-6-3-7-11-17)27-21-24-23-20(18-12-13-19(22)26-18)25(21)14-16-8-4-2-5-9-16/h2-13,15H,14H2,1H3. The van der Waals surface area contributed by atoms with E-state index in [9.17, 15) is 0 Å². The highest BCUT2D eigenvalue weighted by Gasteiger charge is 2.20. The molecule has 0 aliphatic heterocycles. The predicted octanol–water partition coefficient (Wildman–Crippen LogP) is 6.20. The summed E-state index contributed by atoms with van der Waals surface area (Å²) in [5.74, 6) is 1.43. The lowest BCUT2D eigenvalue weighted by atomic mass is 10.2. The molecule has 0 bridgehead atoms. The summed E-state index contributed by atoms with van der Waals surface area (Å²) < 4.78 is 8.53. The van der Waals surface area contributed by atoms with Gasteiger partial charge in [0.25, 0.3) is 0 Å². The third-order valence-electron chi connectivity index (χ3n) is 4.25. The van der Waals surface area contributed by atoms with Crippen molar-refractivity contribution in [3.05, 3.63) is 88.6 Å². The molecule has 0 spiro atoms. The normalized spacial score (nSPS) is 12.2. The first-order valence-electron chi connectivity index (χ1n) is 8.65. The van der Waals surface area contributed by atoms with Gasteiger partial charge in [-0.05, 0) is 46.1 Å². The summed E-state index contributed by atoms with van der Waals surface area (Å²) in [6.45, 7) is 2.87. The van der Waals surface area contributed by atoms with Crippen molar-refractivity contribution < 1.29 is 4.42 Å². The van der Waals surface area contributed by atoms with E-state index in [1.54, 1.807) is 11.8 Å². The second-order valence-corrected chi connectivity index (χ2v) is 8.24. The molecule has 0 saturated carbocycles. The Morgan fingerprint density at radius 3 is 2.33 bits per heavy atom. The smallest absolute Gasteiger partial charge is 0.200 e. The SMILES string of the molecule is CC(Sc1nnc(-c2ccc(Br)o2)n1Cc1ccccc1)c1ccccc1. The van der Waals surface area contributed by atoms with E-state index >= 15 is 0 Å². The summed E-state index contributed by atoms with van der Waals surface area (Å²) in [5.41, 5.74) is 2.46. The minimum atomic E-state index is 0.265. The average molecular weight is 440 g/mol. The van der Waals surface area contributed by atoms with Crippen molar-refractivity contribution in [2.75, 3.05) is 0 Å². The number of nitrogens with zero attached hydrogens (tertiary/aromatic N) is 3. The van der Waals surface area contributed by atoms with Gasteiger partial charge < -0.3 is 4.42 Å². The molecule has 2 aromatic heterocycles. The van der Waals surface area contributed by atoms with Gasteiger partial charge in [-0.3, -0.25) is 4.57 Å². The molecule has 2 aromatic carbocycles. The highest BCUT2D eigenvalue weighted by atomic mass is 79.9. The van der Waals surface area contributed by atoms with Crippen LogP contribution in [0.3, 0.4) is 0 Å². The lowest BCUT2D eigenvalue weighted by molar-refractivity contribution is 0.544. The zero-order valence-electron chi connectivity index (χ0n) is 14.7. The van der Waals surface area contributed by atoms with Gasteiger partial charge in [-0.2, -0.15) is 0 Å². The Kier molecular flexibility index (Phi) is 5.45. The maximum absolute atomic E-state index is 5.73. The fourth-order valence-electron chi connectivity index (χ4n) is 2.85. The van der Waals surface area contributed by atoms with Crippen LogP contribution in [0.25, 0.3) is 11.6 Å². The molecule has 0 fully saturated rings. The van der Waals surface area contributed by atoms with Crippen molar-refractivity contribution in [2.45, 2.75) is 23.9 Å². The Bertz CT molecular complexity index is 1010. The van der Waals surface area contributed by atoms with E-state index in [0.717, 1.165) is 11.0 Å². The van der Waals surface area contributed by atoms with Crippen LogP contribution in [-0.2, 0) is 6.54 Å². The Hall–Kier alpha value is -2.31. The van der Waals surface area contributed by atoms with Gasteiger partial charge in [0.2, 0.25) is 5.82 Å². The van der Waals surface area contributed by atoms with E-state index in [0.29, 0.717) is 17.0 Å². The summed E-state index contributed by atoms with van der Waals surface area (Å²) in [4.78, 5) is 0. The minimum absolute atomic E-state index is 0.265. The van der Waals surface area contributed by atoms with Crippen LogP contribution in [0.4, 0.5) is 0 Å². The van der Waals surface area contributed by atoms with Crippen molar-refractivity contribution in [1.29, 1.82) is 0 Å². The molecule has 0 aliphatic rings. The van der Waals surface area contributed by atoms with Crippen molar-refractivity contribution >= 4 is 27.7 Å². The quantitative estimate of drug-likeness (QED) is 0.335. The summed E-state index contributed by atoms with van der Waals surface area (Å²) in [7, 11) is 0. The lowest BCUT2D eigenvalue weighted by Crippen LogP contribution is -2.04. The highest BCUT2D eigenvalue weighted by molar-refractivity contribution is 9.10. The number of halogens is 1. The van der Waals surface area contributed by atoms with Gasteiger partial charge >= 0.3 is 0 Å². The third-order valence-corrected chi connectivity index (χ3v) is 5.81. The molecule has 6 heteroatoms. The monoisotopic (exact) mass is 439 g/mol. The van der Waals surface area contributed by atoms with Gasteiger partial charge in [0, 0.05) is 5.25 Å². The van der Waals surface area contributed by atoms with Crippen molar-refractivity contribution in [3.8, 4) is 11.6 Å². The minimum Gasteiger partial charge on any atom is -0.446 e. The second kappa shape index (κ2) is 8.15. The summed E-state index contributed by atoms with van der Waals surface area (Å²) in [6.07, 6.45) is 0. The molecule has 0 radical (unpaired) electrons. The molecule has 0 N–H and O–H groups in total. The molecule has 27 heavy (non-hydrogen) atoms. The Balaban J connectivity index is 1.69. The lowest BCUT2D eigenvalue weighted by Gasteiger charge is -2.13. The van der Waals surface area contributed by atoms with E-state index in [4.69, 9.17) is 4.42 Å². The molecule has 2 heterocycles. The average Bonchev–Trinajstić information content (AvgIpc) is 3.30. The van der Waals surface area contributed by atoms with E-state index in [-0.39, 0.29) is 5.25 Å². The van der Waals surface area contributed by atoms with Crippen molar-refractivity contribution in [3.63, 3.8) is 0 Å². The molecule has 4 aromatic rings. The van der Waals surface area contributed by atoms with E-state index < -0.39 is 0 Å². The van der Waals surface area contributed by atoms with Gasteiger partial charge in [0.15, 0.2) is 15.6 Å². The molecule has 1 unspecified atom stereocenters. The first-order valence-corrected chi connectivity index (χ1v) is 10.3.